The van der Waals surface area contributed by atoms with E-state index in [-0.39, 0.29) is 13.0 Å². The zero-order valence-corrected chi connectivity index (χ0v) is 10.1. The maximum atomic E-state index is 11.5. The summed E-state index contributed by atoms with van der Waals surface area (Å²) in [6.45, 7) is 2.00. The van der Waals surface area contributed by atoms with Crippen LogP contribution in [-0.4, -0.2) is 28.6 Å². The fraction of sp³-hybridized carbons (Fsp3) is 0.417. The summed E-state index contributed by atoms with van der Waals surface area (Å²) in [4.78, 5) is 25.8. The first-order valence-corrected chi connectivity index (χ1v) is 5.64. The lowest BCUT2D eigenvalue weighted by Crippen LogP contribution is -2.14. The number of carbonyl (C=O) groups excluding carboxylic acids is 1. The minimum absolute atomic E-state index is 0.0230. The van der Waals surface area contributed by atoms with Crippen molar-refractivity contribution < 1.29 is 19.4 Å². The first kappa shape index (κ1) is 14.1. The number of aromatic nitrogens is 1. The number of hydrogen-bond donors (Lipinski definition) is 2. The monoisotopic (exact) mass is 252 g/mol. The maximum absolute atomic E-state index is 11.5. The average Bonchev–Trinajstić information content (AvgIpc) is 2.36. The van der Waals surface area contributed by atoms with Crippen molar-refractivity contribution in [3.8, 4) is 0 Å². The van der Waals surface area contributed by atoms with Crippen molar-refractivity contribution in [1.82, 2.24) is 4.98 Å². The molecule has 1 aromatic rings. The summed E-state index contributed by atoms with van der Waals surface area (Å²) in [5.41, 5.74) is 6.78. The van der Waals surface area contributed by atoms with E-state index in [1.807, 2.05) is 0 Å². The van der Waals surface area contributed by atoms with E-state index in [4.69, 9.17) is 15.6 Å². The number of esters is 1. The van der Waals surface area contributed by atoms with Gasteiger partial charge in [0.15, 0.2) is 0 Å². The fourth-order valence-electron chi connectivity index (χ4n) is 1.43. The predicted molar refractivity (Wildman–Crippen MR) is 64.0 cm³/mol. The van der Waals surface area contributed by atoms with E-state index in [0.717, 1.165) is 0 Å². The van der Waals surface area contributed by atoms with Gasteiger partial charge in [-0.15, -0.1) is 0 Å². The highest BCUT2D eigenvalue weighted by molar-refractivity contribution is 5.89. The van der Waals surface area contributed by atoms with Crippen molar-refractivity contribution in [1.29, 1.82) is 0 Å². The Morgan fingerprint density at radius 1 is 1.50 bits per heavy atom. The summed E-state index contributed by atoms with van der Waals surface area (Å²) in [7, 11) is 0. The van der Waals surface area contributed by atoms with Gasteiger partial charge < -0.3 is 15.6 Å². The molecule has 0 aliphatic carbocycles. The van der Waals surface area contributed by atoms with Gasteiger partial charge in [0.2, 0.25) is 0 Å². The molecule has 6 nitrogen and oxygen atoms in total. The number of rotatable bonds is 6. The minimum atomic E-state index is -0.903. The number of aliphatic carboxylic acids is 1. The van der Waals surface area contributed by atoms with Crippen LogP contribution in [0.4, 0.5) is 0 Å². The van der Waals surface area contributed by atoms with Crippen molar-refractivity contribution in [2.45, 2.75) is 25.8 Å². The van der Waals surface area contributed by atoms with E-state index in [2.05, 4.69) is 4.98 Å². The van der Waals surface area contributed by atoms with Gasteiger partial charge in [0.05, 0.1) is 12.2 Å². The molecule has 0 radical (unpaired) electrons. The molecule has 18 heavy (non-hydrogen) atoms. The van der Waals surface area contributed by atoms with Gasteiger partial charge >= 0.3 is 11.9 Å². The summed E-state index contributed by atoms with van der Waals surface area (Å²) in [5.74, 6) is -1.36. The Morgan fingerprint density at radius 2 is 2.22 bits per heavy atom. The largest absolute Gasteiger partial charge is 0.481 e. The number of carboxylic acid groups (broad SMARTS) is 1. The van der Waals surface area contributed by atoms with Crippen LogP contribution in [-0.2, 0) is 9.53 Å². The Bertz CT molecular complexity index is 434. The van der Waals surface area contributed by atoms with E-state index in [9.17, 15) is 9.59 Å². The first-order valence-electron chi connectivity index (χ1n) is 5.64. The molecule has 98 valence electrons. The molecule has 0 aliphatic rings. The molecule has 0 bridgehead atoms. The van der Waals surface area contributed by atoms with Crippen molar-refractivity contribution in [2.75, 3.05) is 6.61 Å². The third-order valence-corrected chi connectivity index (χ3v) is 2.37. The molecule has 1 unspecified atom stereocenters. The van der Waals surface area contributed by atoms with Crippen LogP contribution in [0.15, 0.2) is 18.5 Å². The third kappa shape index (κ3) is 4.14. The van der Waals surface area contributed by atoms with Gasteiger partial charge in [0.25, 0.3) is 0 Å². The molecular formula is C12H16N2O4. The third-order valence-electron chi connectivity index (χ3n) is 2.37. The lowest BCUT2D eigenvalue weighted by atomic mass is 10.0. The average molecular weight is 252 g/mol. The van der Waals surface area contributed by atoms with Crippen molar-refractivity contribution in [3.05, 3.63) is 29.6 Å². The van der Waals surface area contributed by atoms with Crippen LogP contribution in [0.2, 0.25) is 0 Å². The molecule has 0 saturated heterocycles. The van der Waals surface area contributed by atoms with Crippen LogP contribution < -0.4 is 5.73 Å². The molecule has 1 rings (SSSR count). The number of pyridine rings is 1. The molecule has 0 spiro atoms. The predicted octanol–water partition coefficient (Wildman–Crippen LogP) is 1.12. The van der Waals surface area contributed by atoms with Crippen LogP contribution in [0.3, 0.4) is 0 Å². The molecule has 0 aliphatic heterocycles. The number of nitrogens with zero attached hydrogens (tertiary/aromatic N) is 1. The van der Waals surface area contributed by atoms with Crippen molar-refractivity contribution in [3.63, 3.8) is 0 Å². The van der Waals surface area contributed by atoms with Gasteiger partial charge in [0.1, 0.15) is 0 Å². The van der Waals surface area contributed by atoms with E-state index in [1.165, 1.54) is 12.4 Å². The maximum Gasteiger partial charge on any atom is 0.339 e. The van der Waals surface area contributed by atoms with E-state index in [0.29, 0.717) is 17.5 Å². The lowest BCUT2D eigenvalue weighted by Gasteiger charge is -2.11. The zero-order chi connectivity index (χ0) is 13.5. The number of hydrogen-bond acceptors (Lipinski definition) is 5. The van der Waals surface area contributed by atoms with Gasteiger partial charge in [-0.05, 0) is 25.0 Å². The standard InChI is InChI=1S/C12H16N2O4/c1-2-18-12(17)9-5-8(6-14-7-9)10(13)3-4-11(15)16/h5-7,10H,2-4,13H2,1H3,(H,15,16). The Morgan fingerprint density at radius 3 is 2.83 bits per heavy atom. The Labute approximate surface area is 105 Å². The number of ether oxygens (including phenoxy) is 1. The van der Waals surface area contributed by atoms with Crippen LogP contribution in [0, 0.1) is 0 Å². The van der Waals surface area contributed by atoms with Gasteiger partial charge in [-0.1, -0.05) is 0 Å². The highest BCUT2D eigenvalue weighted by Gasteiger charge is 2.12. The molecule has 0 saturated carbocycles. The summed E-state index contributed by atoms with van der Waals surface area (Å²) >= 11 is 0. The lowest BCUT2D eigenvalue weighted by molar-refractivity contribution is -0.137. The second-order valence-corrected chi connectivity index (χ2v) is 3.77. The van der Waals surface area contributed by atoms with Gasteiger partial charge in [-0.2, -0.15) is 0 Å². The van der Waals surface area contributed by atoms with Crippen LogP contribution in [0.25, 0.3) is 0 Å². The number of carbonyl (C=O) groups is 2. The SMILES string of the molecule is CCOC(=O)c1cncc(C(N)CCC(=O)O)c1. The molecule has 0 amide bonds. The van der Waals surface area contributed by atoms with E-state index >= 15 is 0 Å². The summed E-state index contributed by atoms with van der Waals surface area (Å²) < 4.78 is 4.85. The topological polar surface area (TPSA) is 103 Å². The molecule has 6 heteroatoms. The molecule has 3 N–H and O–H groups in total. The normalized spacial score (nSPS) is 11.9. The van der Waals surface area contributed by atoms with Gasteiger partial charge in [-0.25, -0.2) is 4.79 Å². The first-order chi connectivity index (χ1) is 8.54. The van der Waals surface area contributed by atoms with E-state index < -0.39 is 18.0 Å². The fourth-order valence-corrected chi connectivity index (χ4v) is 1.43. The van der Waals surface area contributed by atoms with Crippen LogP contribution in [0.5, 0.6) is 0 Å². The number of nitrogens with two attached hydrogens (primary N) is 1. The highest BCUT2D eigenvalue weighted by atomic mass is 16.5. The highest BCUT2D eigenvalue weighted by Crippen LogP contribution is 2.16. The summed E-state index contributed by atoms with van der Waals surface area (Å²) in [6.07, 6.45) is 3.19. The van der Waals surface area contributed by atoms with Crippen LogP contribution in [0.1, 0.15) is 41.7 Å². The van der Waals surface area contributed by atoms with Gasteiger partial charge in [0, 0.05) is 24.9 Å². The van der Waals surface area contributed by atoms with Gasteiger partial charge in [-0.3, -0.25) is 9.78 Å². The molecule has 0 fully saturated rings. The molecule has 1 heterocycles. The summed E-state index contributed by atoms with van der Waals surface area (Å²) in [5, 5.41) is 8.58. The Kier molecular flexibility index (Phi) is 5.26. The summed E-state index contributed by atoms with van der Waals surface area (Å²) in [6, 6.07) is 1.13. The molecule has 1 aromatic heterocycles. The second kappa shape index (κ2) is 6.70. The van der Waals surface area contributed by atoms with E-state index in [1.54, 1.807) is 13.0 Å². The molecular weight excluding hydrogens is 236 g/mol. The second-order valence-electron chi connectivity index (χ2n) is 3.77. The number of carboxylic acids is 1. The molecule has 1 atom stereocenters. The minimum Gasteiger partial charge on any atom is -0.481 e. The van der Waals surface area contributed by atoms with Crippen molar-refractivity contribution >= 4 is 11.9 Å². The van der Waals surface area contributed by atoms with Crippen molar-refractivity contribution in [2.24, 2.45) is 5.73 Å². The zero-order valence-electron chi connectivity index (χ0n) is 10.1. The van der Waals surface area contributed by atoms with Crippen LogP contribution >= 0.6 is 0 Å². The molecule has 0 aromatic carbocycles. The smallest absolute Gasteiger partial charge is 0.339 e. The Balaban J connectivity index is 2.74. The quantitative estimate of drug-likeness (QED) is 0.735. The Hall–Kier alpha value is -1.95.